The Balaban J connectivity index is 1.46. The van der Waals surface area contributed by atoms with E-state index in [1.54, 1.807) is 24.3 Å². The lowest BCUT2D eigenvalue weighted by atomic mass is 10.0. The fourth-order valence-corrected chi connectivity index (χ4v) is 6.32. The minimum absolute atomic E-state index is 0.114. The third kappa shape index (κ3) is 8.43. The Labute approximate surface area is 265 Å². The number of halogens is 2. The summed E-state index contributed by atoms with van der Waals surface area (Å²) >= 11 is 0. The van der Waals surface area contributed by atoms with Gasteiger partial charge in [-0.3, -0.25) is 19.2 Å². The number of nitrogens with one attached hydrogen (secondary N) is 2. The first kappa shape index (κ1) is 34.0. The smallest absolute Gasteiger partial charge is 0.249 e. The molecule has 0 radical (unpaired) electrons. The van der Waals surface area contributed by atoms with Gasteiger partial charge in [0, 0.05) is 50.9 Å². The molecule has 0 unspecified atom stereocenters. The van der Waals surface area contributed by atoms with Gasteiger partial charge in [0.15, 0.2) is 0 Å². The van der Waals surface area contributed by atoms with Crippen molar-refractivity contribution in [1.82, 2.24) is 14.5 Å². The average molecular weight is 658 g/mol. The summed E-state index contributed by atoms with van der Waals surface area (Å²) in [7, 11) is -1.13. The van der Waals surface area contributed by atoms with Crippen molar-refractivity contribution < 1.29 is 41.1 Å². The number of amides is 4. The van der Waals surface area contributed by atoms with Crippen LogP contribution in [0.3, 0.4) is 0 Å². The number of hydrogen-bond donors (Lipinski definition) is 2. The topological polar surface area (TPSA) is 145 Å². The number of piperazine rings is 1. The predicted molar refractivity (Wildman–Crippen MR) is 164 cm³/mol. The third-order valence-corrected chi connectivity index (χ3v) is 9.04. The van der Waals surface area contributed by atoms with Crippen LogP contribution in [0.25, 0.3) is 0 Å². The van der Waals surface area contributed by atoms with E-state index in [4.69, 9.17) is 4.74 Å². The molecule has 1 saturated heterocycles. The lowest BCUT2D eigenvalue weighted by molar-refractivity contribution is -0.139. The summed E-state index contributed by atoms with van der Waals surface area (Å²) in [6.45, 7) is 0.0321. The zero-order chi connectivity index (χ0) is 33.6. The number of carbonyl (C=O) groups excluding carboxylic acids is 4. The zero-order valence-corrected chi connectivity index (χ0v) is 26.1. The average Bonchev–Trinajstić information content (AvgIpc) is 3.00. The van der Waals surface area contributed by atoms with Crippen molar-refractivity contribution in [2.24, 2.45) is 0 Å². The quantitative estimate of drug-likeness (QED) is 0.322. The molecular formula is C31H33F2N5O7S. The molecule has 0 aromatic heterocycles. The standard InChI is InChI=1S/C31H33F2N5O7S/c1-20(39)34-24-5-4-6-27(17-24)46(43,44)38-12-11-37(30(41)19-38)18-29(40)35-28(15-21-13-22(32)16-23(33)14-21)31(42)36(2)25-7-9-26(45-3)10-8-25/h4-10,13-14,16-17,28H,11-12,15,18-19H2,1-3H3,(H,34,39)(H,35,40)/t28-/m0/s1. The second kappa shape index (κ2) is 14.5. The first-order valence-electron chi connectivity index (χ1n) is 14.1. The summed E-state index contributed by atoms with van der Waals surface area (Å²) in [6.07, 6.45) is -0.253. The van der Waals surface area contributed by atoms with Crippen LogP contribution in [0.1, 0.15) is 12.5 Å². The number of sulfonamides is 1. The highest BCUT2D eigenvalue weighted by atomic mass is 32.2. The van der Waals surface area contributed by atoms with E-state index in [2.05, 4.69) is 10.6 Å². The van der Waals surface area contributed by atoms with Crippen molar-refractivity contribution in [3.05, 3.63) is 83.9 Å². The van der Waals surface area contributed by atoms with Gasteiger partial charge in [-0.15, -0.1) is 0 Å². The monoisotopic (exact) mass is 657 g/mol. The van der Waals surface area contributed by atoms with Crippen molar-refractivity contribution >= 4 is 45.0 Å². The summed E-state index contributed by atoms with van der Waals surface area (Å²) in [5.74, 6) is -3.49. The number of benzene rings is 3. The molecule has 1 atom stereocenters. The molecule has 2 N–H and O–H groups in total. The first-order chi connectivity index (χ1) is 21.8. The van der Waals surface area contributed by atoms with E-state index in [9.17, 15) is 36.4 Å². The van der Waals surface area contributed by atoms with Crippen LogP contribution in [0, 0.1) is 11.6 Å². The van der Waals surface area contributed by atoms with Gasteiger partial charge in [0.05, 0.1) is 25.1 Å². The van der Waals surface area contributed by atoms with Gasteiger partial charge < -0.3 is 25.2 Å². The highest BCUT2D eigenvalue weighted by Crippen LogP contribution is 2.22. The minimum atomic E-state index is -4.10. The third-order valence-electron chi connectivity index (χ3n) is 7.20. The van der Waals surface area contributed by atoms with Crippen LogP contribution in [0.2, 0.25) is 0 Å². The minimum Gasteiger partial charge on any atom is -0.497 e. The normalized spacial score (nSPS) is 14.4. The fourth-order valence-electron chi connectivity index (χ4n) is 4.89. The van der Waals surface area contributed by atoms with E-state index < -0.39 is 58.5 Å². The van der Waals surface area contributed by atoms with Crippen LogP contribution in [0.5, 0.6) is 5.75 Å². The highest BCUT2D eigenvalue weighted by Gasteiger charge is 2.34. The van der Waals surface area contributed by atoms with Gasteiger partial charge in [-0.25, -0.2) is 17.2 Å². The second-order valence-electron chi connectivity index (χ2n) is 10.6. The van der Waals surface area contributed by atoms with Crippen LogP contribution < -0.4 is 20.3 Å². The van der Waals surface area contributed by atoms with E-state index in [0.29, 0.717) is 17.5 Å². The molecule has 1 heterocycles. The van der Waals surface area contributed by atoms with E-state index in [1.165, 1.54) is 50.2 Å². The Morgan fingerprint density at radius 3 is 2.28 bits per heavy atom. The number of likely N-dealkylation sites (N-methyl/N-ethyl adjacent to an activating group) is 1. The molecule has 15 heteroatoms. The Hall–Kier alpha value is -4.89. The Kier molecular flexibility index (Phi) is 10.7. The molecule has 0 spiro atoms. The van der Waals surface area contributed by atoms with Crippen LogP contribution in [0.4, 0.5) is 20.2 Å². The fraction of sp³-hybridized carbons (Fsp3) is 0.290. The van der Waals surface area contributed by atoms with Gasteiger partial charge in [0.25, 0.3) is 0 Å². The van der Waals surface area contributed by atoms with Gasteiger partial charge in [-0.05, 0) is 60.2 Å². The van der Waals surface area contributed by atoms with Gasteiger partial charge in [-0.2, -0.15) is 4.31 Å². The Bertz CT molecular complexity index is 1720. The molecule has 1 fully saturated rings. The molecule has 0 saturated carbocycles. The number of methoxy groups -OCH3 is 1. The van der Waals surface area contributed by atoms with Gasteiger partial charge in [0.2, 0.25) is 33.7 Å². The van der Waals surface area contributed by atoms with Gasteiger partial charge >= 0.3 is 0 Å². The number of anilines is 2. The van der Waals surface area contributed by atoms with Crippen molar-refractivity contribution in [3.63, 3.8) is 0 Å². The van der Waals surface area contributed by atoms with Crippen LogP contribution in [-0.4, -0.2) is 87.6 Å². The van der Waals surface area contributed by atoms with Gasteiger partial charge in [0.1, 0.15) is 23.4 Å². The summed E-state index contributed by atoms with van der Waals surface area (Å²) in [4.78, 5) is 53.4. The van der Waals surface area contributed by atoms with Crippen molar-refractivity contribution in [3.8, 4) is 5.75 Å². The van der Waals surface area contributed by atoms with E-state index in [-0.39, 0.29) is 41.6 Å². The predicted octanol–water partition coefficient (Wildman–Crippen LogP) is 2.16. The van der Waals surface area contributed by atoms with Crippen LogP contribution in [0.15, 0.2) is 71.6 Å². The van der Waals surface area contributed by atoms with E-state index >= 15 is 0 Å². The molecule has 4 rings (SSSR count). The number of hydrogen-bond acceptors (Lipinski definition) is 7. The molecule has 4 amide bonds. The van der Waals surface area contributed by atoms with Crippen LogP contribution >= 0.6 is 0 Å². The lowest BCUT2D eigenvalue weighted by Crippen LogP contribution is -2.56. The number of rotatable bonds is 11. The molecule has 1 aliphatic heterocycles. The molecule has 46 heavy (non-hydrogen) atoms. The maximum atomic E-state index is 13.9. The molecule has 0 aliphatic carbocycles. The molecular weight excluding hydrogens is 624 g/mol. The molecule has 3 aromatic carbocycles. The van der Waals surface area contributed by atoms with Crippen molar-refractivity contribution in [2.45, 2.75) is 24.3 Å². The van der Waals surface area contributed by atoms with Crippen molar-refractivity contribution in [2.75, 3.05) is 50.6 Å². The zero-order valence-electron chi connectivity index (χ0n) is 25.3. The van der Waals surface area contributed by atoms with E-state index in [0.717, 1.165) is 21.3 Å². The highest BCUT2D eigenvalue weighted by molar-refractivity contribution is 7.89. The van der Waals surface area contributed by atoms with E-state index in [1.807, 2.05) is 0 Å². The first-order valence-corrected chi connectivity index (χ1v) is 15.5. The number of nitrogens with zero attached hydrogens (tertiary/aromatic N) is 3. The number of carbonyl (C=O) groups is 4. The molecule has 12 nitrogen and oxygen atoms in total. The maximum absolute atomic E-state index is 13.9. The summed E-state index contributed by atoms with van der Waals surface area (Å²) in [5, 5.41) is 5.09. The summed E-state index contributed by atoms with van der Waals surface area (Å²) in [5.41, 5.74) is 0.861. The summed E-state index contributed by atoms with van der Waals surface area (Å²) < 4.78 is 60.4. The summed E-state index contributed by atoms with van der Waals surface area (Å²) in [6, 6.07) is 13.7. The van der Waals surface area contributed by atoms with Gasteiger partial charge in [-0.1, -0.05) is 6.07 Å². The maximum Gasteiger partial charge on any atom is 0.249 e. The SMILES string of the molecule is COc1ccc(N(C)C(=O)[C@H](Cc2cc(F)cc(F)c2)NC(=O)CN2CCN(S(=O)(=O)c3cccc(NC(C)=O)c3)CC2=O)cc1. The molecule has 244 valence electrons. The number of ether oxygens (including phenoxy) is 1. The molecule has 1 aliphatic rings. The lowest BCUT2D eigenvalue weighted by Gasteiger charge is -2.33. The largest absolute Gasteiger partial charge is 0.497 e. The molecule has 0 bridgehead atoms. The second-order valence-corrected chi connectivity index (χ2v) is 12.5. The van der Waals surface area contributed by atoms with Crippen molar-refractivity contribution in [1.29, 1.82) is 0 Å². The Morgan fingerprint density at radius 2 is 1.67 bits per heavy atom. The Morgan fingerprint density at radius 1 is 1.00 bits per heavy atom. The molecule has 3 aromatic rings. The van der Waals surface area contributed by atoms with Crippen LogP contribution in [-0.2, 0) is 35.6 Å².